The number of aliphatic hydroxyl groups excluding tert-OH is 1. The number of aliphatic hydroxyl groups is 1. The van der Waals surface area contributed by atoms with Gasteiger partial charge in [-0.05, 0) is 0 Å². The zero-order valence-electron chi connectivity index (χ0n) is 4.96. The molecule has 3 heteroatoms. The van der Waals surface area contributed by atoms with Gasteiger partial charge in [-0.1, -0.05) is 6.58 Å². The zero-order chi connectivity index (χ0) is 6.85. The Hall–Kier alpha value is -0.830. The molecular formula is C6H8O3. The first kappa shape index (κ1) is 6.29. The summed E-state index contributed by atoms with van der Waals surface area (Å²) in [6.07, 6.45) is -0.108. The Kier molecular flexibility index (Phi) is 1.53. The summed E-state index contributed by atoms with van der Waals surface area (Å²) in [6.45, 7) is 3.41. The number of hydrogen-bond donors (Lipinski definition) is 1. The monoisotopic (exact) mass is 128 g/mol. The van der Waals surface area contributed by atoms with E-state index in [0.717, 1.165) is 0 Å². The summed E-state index contributed by atoms with van der Waals surface area (Å²) in [5.74, 6) is -0.0301. The zero-order valence-corrected chi connectivity index (χ0v) is 4.96. The van der Waals surface area contributed by atoms with Crippen molar-refractivity contribution >= 4 is 5.97 Å². The molecule has 1 N–H and O–H groups in total. The SMILES string of the molecule is C=C1C[C@@H](O)CC(=O)O1. The molecule has 0 saturated carbocycles. The van der Waals surface area contributed by atoms with Crippen LogP contribution in [0.1, 0.15) is 12.8 Å². The lowest BCUT2D eigenvalue weighted by Gasteiger charge is -2.17. The second kappa shape index (κ2) is 2.19. The number of carbonyl (C=O) groups excluding carboxylic acids is 1. The maximum Gasteiger partial charge on any atom is 0.313 e. The summed E-state index contributed by atoms with van der Waals surface area (Å²) in [7, 11) is 0. The summed E-state index contributed by atoms with van der Waals surface area (Å²) in [6, 6.07) is 0. The van der Waals surface area contributed by atoms with E-state index in [9.17, 15) is 4.79 Å². The lowest BCUT2D eigenvalue weighted by molar-refractivity contribution is -0.145. The molecule has 50 valence electrons. The standard InChI is InChI=1S/C6H8O3/c1-4-2-5(7)3-6(8)9-4/h5,7H,1-3H2/t5-/m1/s1. The molecule has 1 rings (SSSR count). The molecular weight excluding hydrogens is 120 g/mol. The van der Waals surface area contributed by atoms with Gasteiger partial charge in [0.1, 0.15) is 5.76 Å². The molecule has 1 atom stereocenters. The van der Waals surface area contributed by atoms with Gasteiger partial charge in [-0.25, -0.2) is 0 Å². The molecule has 0 spiro atoms. The first-order chi connectivity index (χ1) is 4.18. The highest BCUT2D eigenvalue weighted by atomic mass is 16.5. The number of carbonyl (C=O) groups is 1. The highest BCUT2D eigenvalue weighted by Gasteiger charge is 2.20. The van der Waals surface area contributed by atoms with Crippen molar-refractivity contribution in [3.63, 3.8) is 0 Å². The second-order valence-corrected chi connectivity index (χ2v) is 2.07. The molecule has 0 aromatic rings. The summed E-state index contributed by atoms with van der Waals surface area (Å²) in [5, 5.41) is 8.89. The normalized spacial score (nSPS) is 27.9. The minimum atomic E-state index is -0.584. The molecule has 0 aromatic heterocycles. The van der Waals surface area contributed by atoms with E-state index < -0.39 is 12.1 Å². The van der Waals surface area contributed by atoms with Gasteiger partial charge in [0.05, 0.1) is 12.5 Å². The van der Waals surface area contributed by atoms with E-state index in [1.54, 1.807) is 0 Å². The topological polar surface area (TPSA) is 46.5 Å². The van der Waals surface area contributed by atoms with E-state index in [-0.39, 0.29) is 6.42 Å². The Morgan fingerprint density at radius 2 is 2.33 bits per heavy atom. The molecule has 0 radical (unpaired) electrons. The van der Waals surface area contributed by atoms with Crippen LogP contribution < -0.4 is 0 Å². The van der Waals surface area contributed by atoms with Gasteiger partial charge >= 0.3 is 5.97 Å². The fraction of sp³-hybridized carbons (Fsp3) is 0.500. The van der Waals surface area contributed by atoms with Crippen molar-refractivity contribution in [3.05, 3.63) is 12.3 Å². The van der Waals surface area contributed by atoms with E-state index in [4.69, 9.17) is 5.11 Å². The summed E-state index contributed by atoms with van der Waals surface area (Å²) in [4.78, 5) is 10.4. The molecule has 0 aromatic carbocycles. The molecule has 0 amide bonds. The lowest BCUT2D eigenvalue weighted by atomic mass is 10.1. The Labute approximate surface area is 52.9 Å². The van der Waals surface area contributed by atoms with Crippen molar-refractivity contribution in [2.75, 3.05) is 0 Å². The van der Waals surface area contributed by atoms with E-state index in [1.165, 1.54) is 0 Å². The van der Waals surface area contributed by atoms with Crippen LogP contribution in [0.3, 0.4) is 0 Å². The Bertz CT molecular complexity index is 134. The number of esters is 1. The fourth-order valence-electron chi connectivity index (χ4n) is 0.772. The third kappa shape index (κ3) is 1.54. The molecule has 0 aliphatic carbocycles. The minimum absolute atomic E-state index is 0.0962. The van der Waals surface area contributed by atoms with Crippen LogP contribution >= 0.6 is 0 Å². The van der Waals surface area contributed by atoms with Crippen LogP contribution in [-0.4, -0.2) is 17.2 Å². The van der Waals surface area contributed by atoms with Crippen LogP contribution in [0.5, 0.6) is 0 Å². The smallest absolute Gasteiger partial charge is 0.313 e. The highest BCUT2D eigenvalue weighted by Crippen LogP contribution is 2.15. The van der Waals surface area contributed by atoms with Crippen LogP contribution in [0.15, 0.2) is 12.3 Å². The summed E-state index contributed by atoms with van der Waals surface area (Å²) >= 11 is 0. The molecule has 0 unspecified atom stereocenters. The molecule has 1 saturated heterocycles. The molecule has 1 fully saturated rings. The molecule has 3 nitrogen and oxygen atoms in total. The predicted octanol–water partition coefficient (Wildman–Crippen LogP) is 0.198. The van der Waals surface area contributed by atoms with Gasteiger partial charge in [0.2, 0.25) is 0 Å². The third-order valence-corrected chi connectivity index (χ3v) is 1.12. The van der Waals surface area contributed by atoms with Gasteiger partial charge in [0.25, 0.3) is 0 Å². The maximum absolute atomic E-state index is 10.4. The van der Waals surface area contributed by atoms with Crippen molar-refractivity contribution < 1.29 is 14.6 Å². The minimum Gasteiger partial charge on any atom is -0.432 e. The van der Waals surface area contributed by atoms with Gasteiger partial charge in [-0.3, -0.25) is 4.79 Å². The lowest BCUT2D eigenvalue weighted by Crippen LogP contribution is -2.22. The maximum atomic E-state index is 10.4. The van der Waals surface area contributed by atoms with E-state index in [0.29, 0.717) is 12.2 Å². The highest BCUT2D eigenvalue weighted by molar-refractivity contribution is 5.72. The number of hydrogen-bond acceptors (Lipinski definition) is 3. The quantitative estimate of drug-likeness (QED) is 0.474. The first-order valence-corrected chi connectivity index (χ1v) is 2.75. The molecule has 1 aliphatic rings. The van der Waals surface area contributed by atoms with Crippen molar-refractivity contribution in [1.82, 2.24) is 0 Å². The Balaban J connectivity index is 2.53. The van der Waals surface area contributed by atoms with Gasteiger partial charge in [-0.2, -0.15) is 0 Å². The fourth-order valence-corrected chi connectivity index (χ4v) is 0.772. The van der Waals surface area contributed by atoms with Crippen molar-refractivity contribution in [3.8, 4) is 0 Å². The average Bonchev–Trinajstić information content (AvgIpc) is 1.59. The summed E-state index contributed by atoms with van der Waals surface area (Å²) in [5.41, 5.74) is 0. The van der Waals surface area contributed by atoms with Gasteiger partial charge in [0, 0.05) is 6.42 Å². The predicted molar refractivity (Wildman–Crippen MR) is 30.5 cm³/mol. The van der Waals surface area contributed by atoms with Crippen LogP contribution in [0.4, 0.5) is 0 Å². The molecule has 1 heterocycles. The van der Waals surface area contributed by atoms with Crippen molar-refractivity contribution in [1.29, 1.82) is 0 Å². The molecule has 1 aliphatic heterocycles. The molecule has 0 bridgehead atoms. The van der Waals surface area contributed by atoms with Crippen molar-refractivity contribution in [2.24, 2.45) is 0 Å². The van der Waals surface area contributed by atoms with Gasteiger partial charge in [-0.15, -0.1) is 0 Å². The van der Waals surface area contributed by atoms with E-state index in [1.807, 2.05) is 0 Å². The van der Waals surface area contributed by atoms with Gasteiger partial charge < -0.3 is 9.84 Å². The van der Waals surface area contributed by atoms with Crippen LogP contribution in [0.2, 0.25) is 0 Å². The number of ether oxygens (including phenoxy) is 1. The Morgan fingerprint density at radius 1 is 1.67 bits per heavy atom. The van der Waals surface area contributed by atoms with E-state index >= 15 is 0 Å². The van der Waals surface area contributed by atoms with Gasteiger partial charge in [0.15, 0.2) is 0 Å². The molecule has 9 heavy (non-hydrogen) atoms. The van der Waals surface area contributed by atoms with E-state index in [2.05, 4.69) is 11.3 Å². The largest absolute Gasteiger partial charge is 0.432 e. The Morgan fingerprint density at radius 3 is 2.78 bits per heavy atom. The number of rotatable bonds is 0. The van der Waals surface area contributed by atoms with Crippen LogP contribution in [0, 0.1) is 0 Å². The second-order valence-electron chi connectivity index (χ2n) is 2.07. The third-order valence-electron chi connectivity index (χ3n) is 1.12. The first-order valence-electron chi connectivity index (χ1n) is 2.75. The number of cyclic esters (lactones) is 1. The van der Waals surface area contributed by atoms with Crippen LogP contribution in [-0.2, 0) is 9.53 Å². The summed E-state index contributed by atoms with van der Waals surface area (Å²) < 4.78 is 4.56. The average molecular weight is 128 g/mol. The van der Waals surface area contributed by atoms with Crippen LogP contribution in [0.25, 0.3) is 0 Å². The van der Waals surface area contributed by atoms with Crippen molar-refractivity contribution in [2.45, 2.75) is 18.9 Å².